The van der Waals surface area contributed by atoms with Gasteiger partial charge in [0.2, 0.25) is 11.8 Å². The molecule has 0 unspecified atom stereocenters. The number of pyridine rings is 2. The lowest BCUT2D eigenvalue weighted by atomic mass is 10.1. The average Bonchev–Trinajstić information content (AvgIpc) is 3.74. The first-order valence-corrected chi connectivity index (χ1v) is 18.8. The molecule has 0 saturated heterocycles. The maximum Gasteiger partial charge on any atom is 0.573 e. The second kappa shape index (κ2) is 15.8. The lowest BCUT2D eigenvalue weighted by molar-refractivity contribution is -0.275. The van der Waals surface area contributed by atoms with E-state index in [1.54, 1.807) is 0 Å². The second-order valence-electron chi connectivity index (χ2n) is 11.2. The zero-order chi connectivity index (χ0) is 39.3. The highest BCUT2D eigenvalue weighted by molar-refractivity contribution is 7.90. The third kappa shape index (κ3) is 11.7. The van der Waals surface area contributed by atoms with Gasteiger partial charge in [-0.25, -0.2) is 26.8 Å². The molecular formula is C32H26F6N4O10S2. The standard InChI is InChI=1S/2C16H13F3N2O5S/c2*1-27(22,23)15-7-6-12(9-20-15)24-14-8-13(26-21-14)10-2-4-11(5-3-10)25-16(17,18)19/h2*2-7,9,13H,8H2,1H3/t2*13-/m10/s1. The van der Waals surface area contributed by atoms with Crippen molar-refractivity contribution < 1.29 is 71.8 Å². The first-order chi connectivity index (χ1) is 25.2. The Morgan fingerprint density at radius 1 is 0.556 bits per heavy atom. The number of hydrogen-bond acceptors (Lipinski definition) is 14. The van der Waals surface area contributed by atoms with Crippen LogP contribution in [0.1, 0.15) is 36.2 Å². The van der Waals surface area contributed by atoms with Gasteiger partial charge in [-0.1, -0.05) is 34.6 Å². The van der Waals surface area contributed by atoms with E-state index in [0.717, 1.165) is 12.5 Å². The number of sulfone groups is 2. The zero-order valence-electron chi connectivity index (χ0n) is 27.6. The van der Waals surface area contributed by atoms with Gasteiger partial charge in [0.05, 0.1) is 25.2 Å². The summed E-state index contributed by atoms with van der Waals surface area (Å²) >= 11 is 0. The minimum absolute atomic E-state index is 0.0847. The van der Waals surface area contributed by atoms with Crippen LogP contribution in [-0.2, 0) is 29.3 Å². The quantitative estimate of drug-likeness (QED) is 0.178. The number of ether oxygens (including phenoxy) is 4. The maximum absolute atomic E-state index is 12.2. The van der Waals surface area contributed by atoms with Crippen LogP contribution < -0.4 is 18.9 Å². The topological polar surface area (TPSA) is 174 Å². The summed E-state index contributed by atoms with van der Waals surface area (Å²) in [5.74, 6) is 0.338. The Labute approximate surface area is 302 Å². The monoisotopic (exact) mass is 804 g/mol. The molecule has 0 aliphatic carbocycles. The first-order valence-electron chi connectivity index (χ1n) is 15.0. The van der Waals surface area contributed by atoms with Crippen molar-refractivity contribution in [2.45, 2.75) is 47.8 Å². The maximum atomic E-state index is 12.2. The summed E-state index contributed by atoms with van der Waals surface area (Å²) in [6, 6.07) is 15.9. The first kappa shape index (κ1) is 39.6. The number of rotatable bonds is 8. The predicted octanol–water partition coefficient (Wildman–Crippen LogP) is 6.48. The van der Waals surface area contributed by atoms with E-state index in [9.17, 15) is 43.2 Å². The molecule has 22 heteroatoms. The van der Waals surface area contributed by atoms with Gasteiger partial charge in [0.1, 0.15) is 23.0 Å². The molecule has 0 fully saturated rings. The van der Waals surface area contributed by atoms with Crippen LogP contribution in [0.25, 0.3) is 0 Å². The van der Waals surface area contributed by atoms with Gasteiger partial charge in [-0.2, -0.15) is 0 Å². The van der Waals surface area contributed by atoms with Crippen LogP contribution in [0, 0.1) is 0 Å². The molecule has 6 rings (SSSR count). The van der Waals surface area contributed by atoms with Crippen molar-refractivity contribution in [1.82, 2.24) is 9.97 Å². The molecular weight excluding hydrogens is 778 g/mol. The van der Waals surface area contributed by atoms with Crippen molar-refractivity contribution in [3.8, 4) is 23.0 Å². The van der Waals surface area contributed by atoms with Crippen molar-refractivity contribution in [3.63, 3.8) is 0 Å². The van der Waals surface area contributed by atoms with Crippen LogP contribution in [0.5, 0.6) is 23.0 Å². The lowest BCUT2D eigenvalue weighted by Gasteiger charge is -2.11. The molecule has 2 aliphatic heterocycles. The van der Waals surface area contributed by atoms with E-state index in [1.807, 2.05) is 0 Å². The number of nitrogens with zero attached hydrogens (tertiary/aromatic N) is 4. The molecule has 54 heavy (non-hydrogen) atoms. The Hall–Kier alpha value is -5.64. The minimum atomic E-state index is -4.75. The van der Waals surface area contributed by atoms with Gasteiger partial charge in [0.15, 0.2) is 41.9 Å². The fourth-order valence-electron chi connectivity index (χ4n) is 4.52. The lowest BCUT2D eigenvalue weighted by Crippen LogP contribution is -2.17. The highest BCUT2D eigenvalue weighted by Crippen LogP contribution is 2.32. The van der Waals surface area contributed by atoms with Crippen molar-refractivity contribution in [2.75, 3.05) is 12.5 Å². The van der Waals surface area contributed by atoms with Gasteiger partial charge >= 0.3 is 12.7 Å². The molecule has 14 nitrogen and oxygen atoms in total. The normalized spacial score (nSPS) is 17.2. The molecule has 0 spiro atoms. The SMILES string of the molecule is CS(=O)(=O)c1ccc(OC2=NO[C@@H](c3ccc(OC(F)(F)F)cc3)C2)cn1.CS(=O)(=O)c1ccc(OC2=NO[C@H](c3ccc(OC(F)(F)F)cc3)C2)cn1. The summed E-state index contributed by atoms with van der Waals surface area (Å²) in [7, 11) is -6.82. The number of hydrogen-bond donors (Lipinski definition) is 0. The van der Waals surface area contributed by atoms with Crippen molar-refractivity contribution in [1.29, 1.82) is 0 Å². The average molecular weight is 805 g/mol. The van der Waals surface area contributed by atoms with Crippen molar-refractivity contribution in [3.05, 3.63) is 96.3 Å². The van der Waals surface area contributed by atoms with Gasteiger partial charge in [0.25, 0.3) is 0 Å². The summed E-state index contributed by atoms with van der Waals surface area (Å²) in [5, 5.41) is 7.39. The third-order valence-corrected chi connectivity index (χ3v) is 8.91. The van der Waals surface area contributed by atoms with Crippen LogP contribution in [0.2, 0.25) is 0 Å². The van der Waals surface area contributed by atoms with Gasteiger partial charge in [-0.15, -0.1) is 26.3 Å². The fourth-order valence-corrected chi connectivity index (χ4v) is 5.64. The van der Waals surface area contributed by atoms with Crippen LogP contribution in [0.4, 0.5) is 26.3 Å². The van der Waals surface area contributed by atoms with Crippen LogP contribution in [0.15, 0.2) is 106 Å². The van der Waals surface area contributed by atoms with Gasteiger partial charge in [-0.05, 0) is 59.7 Å². The Balaban J connectivity index is 0.000000208. The van der Waals surface area contributed by atoms with Gasteiger partial charge < -0.3 is 28.6 Å². The molecule has 0 saturated carbocycles. The predicted molar refractivity (Wildman–Crippen MR) is 174 cm³/mol. The number of halogens is 6. The zero-order valence-corrected chi connectivity index (χ0v) is 29.2. The molecule has 0 radical (unpaired) electrons. The summed E-state index contributed by atoms with van der Waals surface area (Å²) in [5.41, 5.74) is 1.19. The van der Waals surface area contributed by atoms with Crippen molar-refractivity contribution >= 4 is 31.5 Å². The molecule has 2 atom stereocenters. The Morgan fingerprint density at radius 3 is 1.17 bits per heavy atom. The minimum Gasteiger partial charge on any atom is -0.438 e. The Morgan fingerprint density at radius 2 is 0.889 bits per heavy atom. The molecule has 4 heterocycles. The van der Waals surface area contributed by atoms with Crippen LogP contribution in [-0.4, -0.2) is 63.8 Å². The van der Waals surface area contributed by atoms with Crippen LogP contribution in [0.3, 0.4) is 0 Å². The summed E-state index contributed by atoms with van der Waals surface area (Å²) in [4.78, 5) is 18.0. The van der Waals surface area contributed by atoms with Gasteiger partial charge in [-0.3, -0.25) is 0 Å². The summed E-state index contributed by atoms with van der Waals surface area (Å²) in [6.07, 6.45) is -5.50. The van der Waals surface area contributed by atoms with E-state index < -0.39 is 44.6 Å². The van der Waals surface area contributed by atoms with Crippen molar-refractivity contribution in [2.24, 2.45) is 10.3 Å². The third-order valence-electron chi connectivity index (χ3n) is 6.90. The number of benzene rings is 2. The molecule has 0 N–H and O–H groups in total. The molecule has 2 aromatic heterocycles. The fraction of sp³-hybridized carbons (Fsp3) is 0.250. The summed E-state index contributed by atoms with van der Waals surface area (Å²) in [6.45, 7) is 0. The molecule has 4 aromatic rings. The molecule has 0 bridgehead atoms. The molecule has 288 valence electrons. The number of alkyl halides is 6. The largest absolute Gasteiger partial charge is 0.573 e. The number of aromatic nitrogens is 2. The Bertz CT molecular complexity index is 2040. The molecule has 2 aliphatic rings. The van der Waals surface area contributed by atoms with Gasteiger partial charge in [0, 0.05) is 12.5 Å². The van der Waals surface area contributed by atoms with E-state index in [2.05, 4.69) is 29.8 Å². The smallest absolute Gasteiger partial charge is 0.438 e. The molecule has 2 aromatic carbocycles. The second-order valence-corrected chi connectivity index (χ2v) is 15.1. The highest BCUT2D eigenvalue weighted by atomic mass is 32.2. The highest BCUT2D eigenvalue weighted by Gasteiger charge is 2.33. The molecule has 0 amide bonds. The Kier molecular flexibility index (Phi) is 11.5. The van der Waals surface area contributed by atoms with Crippen LogP contribution >= 0.6 is 0 Å². The van der Waals surface area contributed by atoms with E-state index in [1.165, 1.54) is 85.2 Å². The van der Waals surface area contributed by atoms with E-state index in [-0.39, 0.29) is 57.7 Å². The number of oxime groups is 2. The van der Waals surface area contributed by atoms with E-state index in [4.69, 9.17) is 19.1 Å². The van der Waals surface area contributed by atoms with E-state index >= 15 is 0 Å². The van der Waals surface area contributed by atoms with E-state index in [0.29, 0.717) is 11.1 Å². The summed E-state index contributed by atoms with van der Waals surface area (Å²) < 4.78 is 137.